The van der Waals surface area contributed by atoms with Crippen molar-refractivity contribution in [3.8, 4) is 0 Å². The van der Waals surface area contributed by atoms with E-state index in [1.807, 2.05) is 0 Å². The van der Waals surface area contributed by atoms with E-state index in [1.54, 1.807) is 0 Å². The minimum Gasteiger partial charge on any atom is -0.353 e. The number of carbonyl (C=O) groups excluding carboxylic acids is 1. The lowest BCUT2D eigenvalue weighted by molar-refractivity contribution is -0.121. The van der Waals surface area contributed by atoms with Gasteiger partial charge < -0.3 is 5.32 Å². The number of rotatable bonds is 3. The van der Waals surface area contributed by atoms with Crippen LogP contribution in [0.15, 0.2) is 18.2 Å². The van der Waals surface area contributed by atoms with Crippen LogP contribution in [0.25, 0.3) is 0 Å². The Kier molecular flexibility index (Phi) is 4.91. The summed E-state index contributed by atoms with van der Waals surface area (Å²) in [6, 6.07) is 4.05. The SMILES string of the molecule is O=C(Cc1cccc(F)c1F)NC1CCC(Br)CC1. The molecule has 2 nitrogen and oxygen atoms in total. The van der Waals surface area contributed by atoms with Crippen molar-refractivity contribution in [1.82, 2.24) is 5.32 Å². The van der Waals surface area contributed by atoms with E-state index in [-0.39, 0.29) is 23.9 Å². The zero-order valence-corrected chi connectivity index (χ0v) is 12.1. The zero-order valence-electron chi connectivity index (χ0n) is 10.5. The van der Waals surface area contributed by atoms with Crippen molar-refractivity contribution >= 4 is 21.8 Å². The number of hydrogen-bond acceptors (Lipinski definition) is 1. The van der Waals surface area contributed by atoms with Crippen LogP contribution in [0.1, 0.15) is 31.2 Å². The van der Waals surface area contributed by atoms with Gasteiger partial charge in [0.1, 0.15) is 0 Å². The van der Waals surface area contributed by atoms with Gasteiger partial charge in [0.15, 0.2) is 11.6 Å². The topological polar surface area (TPSA) is 29.1 Å². The van der Waals surface area contributed by atoms with E-state index in [9.17, 15) is 13.6 Å². The Morgan fingerprint density at radius 1 is 1.26 bits per heavy atom. The Morgan fingerprint density at radius 3 is 2.63 bits per heavy atom. The molecule has 0 aliphatic heterocycles. The van der Waals surface area contributed by atoms with Gasteiger partial charge in [-0.1, -0.05) is 28.1 Å². The van der Waals surface area contributed by atoms with E-state index in [4.69, 9.17) is 0 Å². The summed E-state index contributed by atoms with van der Waals surface area (Å²) in [5, 5.41) is 2.89. The van der Waals surface area contributed by atoms with Crippen molar-refractivity contribution in [2.45, 2.75) is 43.0 Å². The van der Waals surface area contributed by atoms with Crippen molar-refractivity contribution in [3.05, 3.63) is 35.4 Å². The van der Waals surface area contributed by atoms with Crippen molar-refractivity contribution in [3.63, 3.8) is 0 Å². The molecule has 0 spiro atoms. The Labute approximate surface area is 119 Å². The number of nitrogens with one attached hydrogen (secondary N) is 1. The average molecular weight is 332 g/mol. The van der Waals surface area contributed by atoms with Gasteiger partial charge in [-0.3, -0.25) is 4.79 Å². The average Bonchev–Trinajstić information content (AvgIpc) is 2.38. The second kappa shape index (κ2) is 6.46. The summed E-state index contributed by atoms with van der Waals surface area (Å²) in [6.45, 7) is 0. The molecule has 0 atom stereocenters. The predicted octanol–water partition coefficient (Wildman–Crippen LogP) is 3.33. The molecule has 1 aliphatic rings. The molecule has 2 rings (SSSR count). The Balaban J connectivity index is 1.89. The van der Waals surface area contributed by atoms with Crippen molar-refractivity contribution < 1.29 is 13.6 Å². The normalized spacial score (nSPS) is 23.1. The maximum absolute atomic E-state index is 13.4. The highest BCUT2D eigenvalue weighted by Gasteiger charge is 2.21. The Bertz CT molecular complexity index is 459. The van der Waals surface area contributed by atoms with Crippen molar-refractivity contribution in [1.29, 1.82) is 0 Å². The van der Waals surface area contributed by atoms with Crippen molar-refractivity contribution in [2.75, 3.05) is 0 Å². The molecule has 104 valence electrons. The molecule has 0 heterocycles. The first-order valence-electron chi connectivity index (χ1n) is 6.42. The van der Waals surface area contributed by atoms with Crippen LogP contribution >= 0.6 is 15.9 Å². The molecule has 1 aliphatic carbocycles. The lowest BCUT2D eigenvalue weighted by Gasteiger charge is -2.26. The predicted molar refractivity (Wildman–Crippen MR) is 73.2 cm³/mol. The summed E-state index contributed by atoms with van der Waals surface area (Å²) >= 11 is 3.55. The van der Waals surface area contributed by atoms with Gasteiger partial charge in [0, 0.05) is 16.4 Å². The van der Waals surface area contributed by atoms with Crippen LogP contribution in [-0.2, 0) is 11.2 Å². The van der Waals surface area contributed by atoms with Crippen LogP contribution < -0.4 is 5.32 Å². The van der Waals surface area contributed by atoms with Gasteiger partial charge in [-0.05, 0) is 31.7 Å². The summed E-state index contributed by atoms with van der Waals surface area (Å²) in [5.74, 6) is -2.09. The van der Waals surface area contributed by atoms with Crippen LogP contribution in [0.3, 0.4) is 0 Å². The van der Waals surface area contributed by atoms with Gasteiger partial charge in [-0.25, -0.2) is 8.78 Å². The van der Waals surface area contributed by atoms with Gasteiger partial charge in [0.05, 0.1) is 6.42 Å². The molecule has 1 aromatic rings. The molecule has 1 fully saturated rings. The number of alkyl halides is 1. The lowest BCUT2D eigenvalue weighted by Crippen LogP contribution is -2.38. The highest BCUT2D eigenvalue weighted by atomic mass is 79.9. The molecule has 0 unspecified atom stereocenters. The summed E-state index contributed by atoms with van der Waals surface area (Å²) < 4.78 is 26.4. The highest BCUT2D eigenvalue weighted by Crippen LogP contribution is 2.24. The van der Waals surface area contributed by atoms with Crippen LogP contribution in [0.2, 0.25) is 0 Å². The molecule has 0 saturated heterocycles. The maximum Gasteiger partial charge on any atom is 0.224 e. The second-order valence-electron chi connectivity index (χ2n) is 4.91. The molecule has 0 radical (unpaired) electrons. The first kappa shape index (κ1) is 14.4. The Hall–Kier alpha value is -0.970. The first-order valence-corrected chi connectivity index (χ1v) is 7.34. The standard InChI is InChI=1S/C14H16BrF2NO/c15-10-4-6-11(7-5-10)18-13(19)8-9-2-1-3-12(16)14(9)17/h1-3,10-11H,4-8H2,(H,18,19). The minimum atomic E-state index is -0.929. The van der Waals surface area contributed by atoms with E-state index in [0.717, 1.165) is 31.7 Å². The molecular formula is C14H16BrF2NO. The number of hydrogen-bond donors (Lipinski definition) is 1. The van der Waals surface area contributed by atoms with E-state index in [2.05, 4.69) is 21.2 Å². The molecule has 1 aromatic carbocycles. The zero-order chi connectivity index (χ0) is 13.8. The van der Waals surface area contributed by atoms with E-state index >= 15 is 0 Å². The largest absolute Gasteiger partial charge is 0.353 e. The molecular weight excluding hydrogens is 316 g/mol. The van der Waals surface area contributed by atoms with Crippen LogP contribution in [0.4, 0.5) is 8.78 Å². The quantitative estimate of drug-likeness (QED) is 0.846. The lowest BCUT2D eigenvalue weighted by atomic mass is 9.95. The van der Waals surface area contributed by atoms with E-state index in [1.165, 1.54) is 12.1 Å². The molecule has 5 heteroatoms. The molecule has 19 heavy (non-hydrogen) atoms. The maximum atomic E-state index is 13.4. The number of benzene rings is 1. The van der Waals surface area contributed by atoms with Crippen molar-refractivity contribution in [2.24, 2.45) is 0 Å². The third-order valence-corrected chi connectivity index (χ3v) is 4.32. The fraction of sp³-hybridized carbons (Fsp3) is 0.500. The third-order valence-electron chi connectivity index (χ3n) is 3.40. The molecule has 1 amide bonds. The Morgan fingerprint density at radius 2 is 1.95 bits per heavy atom. The summed E-state index contributed by atoms with van der Waals surface area (Å²) in [4.78, 5) is 12.3. The third kappa shape index (κ3) is 4.00. The molecule has 1 saturated carbocycles. The number of amides is 1. The summed E-state index contributed by atoms with van der Waals surface area (Å²) in [7, 11) is 0. The summed E-state index contributed by atoms with van der Waals surface area (Å²) in [5.41, 5.74) is 0.103. The first-order chi connectivity index (χ1) is 9.06. The monoisotopic (exact) mass is 331 g/mol. The van der Waals surface area contributed by atoms with Crippen LogP contribution in [-0.4, -0.2) is 16.8 Å². The molecule has 0 aromatic heterocycles. The molecule has 0 bridgehead atoms. The second-order valence-corrected chi connectivity index (χ2v) is 6.20. The highest BCUT2D eigenvalue weighted by molar-refractivity contribution is 9.09. The number of halogens is 3. The summed E-state index contributed by atoms with van der Waals surface area (Å²) in [6.07, 6.45) is 3.79. The van der Waals surface area contributed by atoms with Gasteiger partial charge in [0.25, 0.3) is 0 Å². The van der Waals surface area contributed by atoms with E-state index < -0.39 is 11.6 Å². The van der Waals surface area contributed by atoms with Crippen LogP contribution in [0.5, 0.6) is 0 Å². The van der Waals surface area contributed by atoms with Gasteiger partial charge >= 0.3 is 0 Å². The fourth-order valence-corrected chi connectivity index (χ4v) is 2.86. The number of carbonyl (C=O) groups is 1. The van der Waals surface area contributed by atoms with E-state index in [0.29, 0.717) is 4.83 Å². The van der Waals surface area contributed by atoms with Gasteiger partial charge in [0.2, 0.25) is 5.91 Å². The smallest absolute Gasteiger partial charge is 0.224 e. The molecule has 1 N–H and O–H groups in total. The minimum absolute atomic E-state index is 0.103. The van der Waals surface area contributed by atoms with Crippen LogP contribution in [0, 0.1) is 11.6 Å². The van der Waals surface area contributed by atoms with Gasteiger partial charge in [-0.15, -0.1) is 0 Å². The fourth-order valence-electron chi connectivity index (χ4n) is 2.33. The van der Waals surface area contributed by atoms with Gasteiger partial charge in [-0.2, -0.15) is 0 Å².